The minimum atomic E-state index is -2.14. The van der Waals surface area contributed by atoms with Gasteiger partial charge < -0.3 is 14.4 Å². The van der Waals surface area contributed by atoms with Crippen molar-refractivity contribution in [2.75, 3.05) is 36.0 Å². The highest BCUT2D eigenvalue weighted by Gasteiger charge is 2.30. The van der Waals surface area contributed by atoms with Crippen molar-refractivity contribution in [2.45, 2.75) is 0 Å². The Morgan fingerprint density at radius 2 is 0.964 bits per heavy atom. The van der Waals surface area contributed by atoms with Crippen LogP contribution in [0, 0.1) is 29.1 Å². The van der Waals surface area contributed by atoms with Gasteiger partial charge in [0.1, 0.15) is 5.69 Å². The van der Waals surface area contributed by atoms with E-state index < -0.39 is 34.8 Å². The Morgan fingerprint density at radius 3 is 1.50 bits per heavy atom. The molecule has 0 saturated carbocycles. The summed E-state index contributed by atoms with van der Waals surface area (Å²) in [5, 5.41) is 0. The van der Waals surface area contributed by atoms with Crippen LogP contribution in [0.2, 0.25) is 0 Å². The Labute approximate surface area is 158 Å². The number of halogens is 5. The SMILES string of the molecule is Fc1c(F)c(F)c(N2CCN(c3ccc(-n4cccc4)cc3)CC2)c(F)c1F. The van der Waals surface area contributed by atoms with Gasteiger partial charge in [-0.1, -0.05) is 0 Å². The van der Waals surface area contributed by atoms with E-state index in [0.717, 1.165) is 11.4 Å². The van der Waals surface area contributed by atoms with Crippen molar-refractivity contribution in [1.29, 1.82) is 0 Å². The second-order valence-electron chi connectivity index (χ2n) is 6.50. The molecule has 1 fully saturated rings. The van der Waals surface area contributed by atoms with E-state index in [0.29, 0.717) is 13.1 Å². The minimum absolute atomic E-state index is 0.137. The first-order valence-corrected chi connectivity index (χ1v) is 8.72. The third-order valence-electron chi connectivity index (χ3n) is 4.90. The highest BCUT2D eigenvalue weighted by Crippen LogP contribution is 2.31. The summed E-state index contributed by atoms with van der Waals surface area (Å²) in [7, 11) is 0. The van der Waals surface area contributed by atoms with E-state index in [-0.39, 0.29) is 13.1 Å². The van der Waals surface area contributed by atoms with Gasteiger partial charge in [-0.3, -0.25) is 0 Å². The molecule has 4 rings (SSSR count). The van der Waals surface area contributed by atoms with E-state index >= 15 is 0 Å². The van der Waals surface area contributed by atoms with Gasteiger partial charge in [0.05, 0.1) is 0 Å². The van der Waals surface area contributed by atoms with Gasteiger partial charge in [-0.25, -0.2) is 22.0 Å². The van der Waals surface area contributed by atoms with Crippen molar-refractivity contribution in [2.24, 2.45) is 0 Å². The monoisotopic (exact) mass is 393 g/mol. The first kappa shape index (κ1) is 18.3. The highest BCUT2D eigenvalue weighted by molar-refractivity contribution is 5.55. The molecule has 1 aromatic heterocycles. The van der Waals surface area contributed by atoms with Crippen molar-refractivity contribution < 1.29 is 22.0 Å². The summed E-state index contributed by atoms with van der Waals surface area (Å²) in [4.78, 5) is 3.20. The van der Waals surface area contributed by atoms with E-state index in [2.05, 4.69) is 0 Å². The molecule has 0 spiro atoms. The van der Waals surface area contributed by atoms with Gasteiger partial charge in [-0.05, 0) is 36.4 Å². The second-order valence-corrected chi connectivity index (χ2v) is 6.50. The molecule has 28 heavy (non-hydrogen) atoms. The lowest BCUT2D eigenvalue weighted by Gasteiger charge is -2.37. The van der Waals surface area contributed by atoms with Crippen LogP contribution in [0.25, 0.3) is 5.69 Å². The van der Waals surface area contributed by atoms with Crippen LogP contribution < -0.4 is 9.80 Å². The highest BCUT2D eigenvalue weighted by atomic mass is 19.2. The van der Waals surface area contributed by atoms with E-state index in [4.69, 9.17) is 0 Å². The van der Waals surface area contributed by atoms with Crippen molar-refractivity contribution in [3.63, 3.8) is 0 Å². The van der Waals surface area contributed by atoms with Gasteiger partial charge in [0.2, 0.25) is 5.82 Å². The van der Waals surface area contributed by atoms with Gasteiger partial charge in [-0.2, -0.15) is 0 Å². The summed E-state index contributed by atoms with van der Waals surface area (Å²) >= 11 is 0. The normalized spacial score (nSPS) is 14.6. The molecule has 0 radical (unpaired) electrons. The lowest BCUT2D eigenvalue weighted by Crippen LogP contribution is -2.47. The lowest BCUT2D eigenvalue weighted by molar-refractivity contribution is 0.377. The smallest absolute Gasteiger partial charge is 0.200 e. The number of benzene rings is 2. The zero-order chi connectivity index (χ0) is 19.8. The largest absolute Gasteiger partial charge is 0.368 e. The van der Waals surface area contributed by atoms with Crippen LogP contribution in [0.4, 0.5) is 33.3 Å². The second kappa shape index (κ2) is 7.18. The Bertz CT molecular complexity index is 949. The van der Waals surface area contributed by atoms with Crippen LogP contribution in [-0.4, -0.2) is 30.7 Å². The fourth-order valence-corrected chi connectivity index (χ4v) is 3.40. The van der Waals surface area contributed by atoms with Crippen molar-refractivity contribution in [3.05, 3.63) is 77.9 Å². The predicted molar refractivity (Wildman–Crippen MR) is 96.4 cm³/mol. The van der Waals surface area contributed by atoms with Gasteiger partial charge in [-0.15, -0.1) is 0 Å². The van der Waals surface area contributed by atoms with Crippen molar-refractivity contribution in [3.8, 4) is 5.69 Å². The van der Waals surface area contributed by atoms with Crippen LogP contribution in [0.3, 0.4) is 0 Å². The molecule has 1 saturated heterocycles. The van der Waals surface area contributed by atoms with Crippen molar-refractivity contribution in [1.82, 2.24) is 4.57 Å². The number of rotatable bonds is 3. The Hall–Kier alpha value is -3.03. The Kier molecular flexibility index (Phi) is 4.70. The molecule has 2 heterocycles. The topological polar surface area (TPSA) is 11.4 Å². The molecule has 8 heteroatoms. The molecule has 146 valence electrons. The summed E-state index contributed by atoms with van der Waals surface area (Å²) in [6, 6.07) is 11.6. The third kappa shape index (κ3) is 3.08. The van der Waals surface area contributed by atoms with Gasteiger partial charge in [0.25, 0.3) is 0 Å². The van der Waals surface area contributed by atoms with Crippen LogP contribution >= 0.6 is 0 Å². The molecule has 0 aliphatic carbocycles. The van der Waals surface area contributed by atoms with Crippen LogP contribution in [-0.2, 0) is 0 Å². The Morgan fingerprint density at radius 1 is 0.536 bits per heavy atom. The van der Waals surface area contributed by atoms with E-state index in [1.54, 1.807) is 0 Å². The maximum absolute atomic E-state index is 14.0. The maximum Gasteiger partial charge on any atom is 0.200 e. The molecule has 0 atom stereocenters. The van der Waals surface area contributed by atoms with Gasteiger partial charge in [0, 0.05) is 49.9 Å². The third-order valence-corrected chi connectivity index (χ3v) is 4.90. The molecule has 1 aliphatic rings. The molecule has 0 unspecified atom stereocenters. The fraction of sp³-hybridized carbons (Fsp3) is 0.200. The molecular formula is C20H16F5N3. The standard InChI is InChI=1S/C20H16F5N3/c21-15-16(22)18(24)20(19(25)17(15)23)28-11-9-27(10-12-28)14-5-3-13(4-6-14)26-7-1-2-8-26/h1-8H,9-12H2. The lowest BCUT2D eigenvalue weighted by atomic mass is 10.2. The molecule has 0 bridgehead atoms. The van der Waals surface area contributed by atoms with Gasteiger partial charge >= 0.3 is 0 Å². The molecular weight excluding hydrogens is 377 g/mol. The molecule has 2 aromatic carbocycles. The number of nitrogens with zero attached hydrogens (tertiary/aromatic N) is 3. The van der Waals surface area contributed by atoms with Gasteiger partial charge in [0.15, 0.2) is 23.3 Å². The number of hydrogen-bond donors (Lipinski definition) is 0. The Balaban J connectivity index is 1.50. The molecule has 1 aliphatic heterocycles. The van der Waals surface area contributed by atoms with Crippen LogP contribution in [0.15, 0.2) is 48.8 Å². The number of anilines is 2. The average Bonchev–Trinajstić information content (AvgIpc) is 3.27. The maximum atomic E-state index is 14.0. The zero-order valence-corrected chi connectivity index (χ0v) is 14.7. The first-order chi connectivity index (χ1) is 13.5. The average molecular weight is 393 g/mol. The summed E-state index contributed by atoms with van der Waals surface area (Å²) in [6.07, 6.45) is 3.86. The summed E-state index contributed by atoms with van der Waals surface area (Å²) in [5.74, 6) is -9.56. The quantitative estimate of drug-likeness (QED) is 0.369. The van der Waals surface area contributed by atoms with Crippen LogP contribution in [0.1, 0.15) is 0 Å². The molecule has 3 nitrogen and oxygen atoms in total. The zero-order valence-electron chi connectivity index (χ0n) is 14.7. The molecule has 0 amide bonds. The number of piperazine rings is 1. The minimum Gasteiger partial charge on any atom is -0.368 e. The summed E-state index contributed by atoms with van der Waals surface area (Å²) < 4.78 is 70.1. The van der Waals surface area contributed by atoms with E-state index in [9.17, 15) is 22.0 Å². The fourth-order valence-electron chi connectivity index (χ4n) is 3.40. The number of hydrogen-bond acceptors (Lipinski definition) is 2. The first-order valence-electron chi connectivity index (χ1n) is 8.72. The molecule has 0 N–H and O–H groups in total. The summed E-state index contributed by atoms with van der Waals surface area (Å²) in [5.41, 5.74) is 1.06. The number of aromatic nitrogens is 1. The predicted octanol–water partition coefficient (Wildman–Crippen LogP) is 4.50. The van der Waals surface area contributed by atoms with E-state index in [1.165, 1.54) is 4.90 Å². The van der Waals surface area contributed by atoms with E-state index in [1.807, 2.05) is 58.3 Å². The van der Waals surface area contributed by atoms with Crippen LogP contribution in [0.5, 0.6) is 0 Å². The summed E-state index contributed by atoms with van der Waals surface area (Å²) in [6.45, 7) is 1.06. The molecule has 3 aromatic rings. The van der Waals surface area contributed by atoms with Crippen molar-refractivity contribution >= 4 is 11.4 Å².